The molecule has 0 saturated carbocycles. The number of ether oxygens (including phenoxy) is 1. The molecule has 0 unspecified atom stereocenters. The molecule has 1 aromatic heterocycles. The molecule has 23 heavy (non-hydrogen) atoms. The van der Waals surface area contributed by atoms with Gasteiger partial charge in [0.1, 0.15) is 18.2 Å². The van der Waals surface area contributed by atoms with Crippen LogP contribution in [0.1, 0.15) is 11.1 Å². The SMILES string of the molecule is OCc1ccc(-c2cncc(F)c2)c(OCc2ccccc2)c1. The molecule has 0 saturated heterocycles. The summed E-state index contributed by atoms with van der Waals surface area (Å²) in [5.74, 6) is 0.190. The zero-order valence-corrected chi connectivity index (χ0v) is 12.4. The molecule has 0 atom stereocenters. The smallest absolute Gasteiger partial charge is 0.142 e. The summed E-state index contributed by atoms with van der Waals surface area (Å²) in [5.41, 5.74) is 3.15. The minimum Gasteiger partial charge on any atom is -0.488 e. The maximum Gasteiger partial charge on any atom is 0.142 e. The highest BCUT2D eigenvalue weighted by Crippen LogP contribution is 2.31. The van der Waals surface area contributed by atoms with Crippen molar-refractivity contribution >= 4 is 0 Å². The summed E-state index contributed by atoms with van der Waals surface area (Å²) in [7, 11) is 0. The predicted octanol–water partition coefficient (Wildman–Crippen LogP) is 3.96. The van der Waals surface area contributed by atoms with Crippen molar-refractivity contribution in [3.05, 3.63) is 83.9 Å². The van der Waals surface area contributed by atoms with Gasteiger partial charge in [-0.15, -0.1) is 0 Å². The molecule has 0 aliphatic carbocycles. The highest BCUT2D eigenvalue weighted by Gasteiger charge is 2.09. The molecule has 0 radical (unpaired) electrons. The standard InChI is InChI=1S/C19H16FNO2/c20-17-9-16(10-21-11-17)18-7-6-15(12-22)8-19(18)23-13-14-4-2-1-3-5-14/h1-11,22H,12-13H2. The van der Waals surface area contributed by atoms with Crippen molar-refractivity contribution in [3.8, 4) is 16.9 Å². The minimum absolute atomic E-state index is 0.0800. The highest BCUT2D eigenvalue weighted by atomic mass is 19.1. The second-order valence-corrected chi connectivity index (χ2v) is 5.15. The normalized spacial score (nSPS) is 10.5. The van der Waals surface area contributed by atoms with Gasteiger partial charge in [0.15, 0.2) is 0 Å². The van der Waals surface area contributed by atoms with Crippen molar-refractivity contribution in [1.29, 1.82) is 0 Å². The van der Waals surface area contributed by atoms with E-state index in [0.717, 1.165) is 22.9 Å². The Kier molecular flexibility index (Phi) is 4.64. The van der Waals surface area contributed by atoms with Gasteiger partial charge in [-0.2, -0.15) is 0 Å². The van der Waals surface area contributed by atoms with E-state index in [1.165, 1.54) is 6.07 Å². The fourth-order valence-corrected chi connectivity index (χ4v) is 2.32. The zero-order valence-electron chi connectivity index (χ0n) is 12.4. The van der Waals surface area contributed by atoms with Gasteiger partial charge >= 0.3 is 0 Å². The number of hydrogen-bond acceptors (Lipinski definition) is 3. The molecule has 0 bridgehead atoms. The van der Waals surface area contributed by atoms with Crippen LogP contribution in [-0.2, 0) is 13.2 Å². The predicted molar refractivity (Wildman–Crippen MR) is 86.3 cm³/mol. The van der Waals surface area contributed by atoms with Gasteiger partial charge in [0.25, 0.3) is 0 Å². The molecule has 0 amide bonds. The van der Waals surface area contributed by atoms with Crippen molar-refractivity contribution in [3.63, 3.8) is 0 Å². The summed E-state index contributed by atoms with van der Waals surface area (Å²) in [6.45, 7) is 0.314. The molecular formula is C19H16FNO2. The van der Waals surface area contributed by atoms with E-state index < -0.39 is 5.82 Å². The summed E-state index contributed by atoms with van der Waals surface area (Å²) in [6.07, 6.45) is 2.75. The molecule has 1 N–H and O–H groups in total. The molecule has 0 fully saturated rings. The summed E-state index contributed by atoms with van der Waals surface area (Å²) in [4.78, 5) is 3.88. The second-order valence-electron chi connectivity index (χ2n) is 5.15. The molecule has 0 aliphatic rings. The molecule has 3 rings (SSSR count). The van der Waals surface area contributed by atoms with E-state index in [1.807, 2.05) is 36.4 Å². The van der Waals surface area contributed by atoms with Crippen molar-refractivity contribution in [1.82, 2.24) is 4.98 Å². The van der Waals surface area contributed by atoms with Crippen molar-refractivity contribution in [2.75, 3.05) is 0 Å². The monoisotopic (exact) mass is 309 g/mol. The fourth-order valence-electron chi connectivity index (χ4n) is 2.32. The van der Waals surface area contributed by atoms with Gasteiger partial charge in [0.05, 0.1) is 12.8 Å². The number of hydrogen-bond donors (Lipinski definition) is 1. The molecule has 0 aliphatic heterocycles. The first-order valence-corrected chi connectivity index (χ1v) is 7.27. The number of pyridine rings is 1. The molecular weight excluding hydrogens is 293 g/mol. The highest BCUT2D eigenvalue weighted by molar-refractivity contribution is 5.70. The van der Waals surface area contributed by atoms with Crippen LogP contribution in [0.5, 0.6) is 5.75 Å². The van der Waals surface area contributed by atoms with Gasteiger partial charge in [-0.25, -0.2) is 4.39 Å². The van der Waals surface area contributed by atoms with Crippen molar-refractivity contribution < 1.29 is 14.2 Å². The van der Waals surface area contributed by atoms with E-state index in [0.29, 0.717) is 17.9 Å². The van der Waals surface area contributed by atoms with Crippen molar-refractivity contribution in [2.45, 2.75) is 13.2 Å². The van der Waals surface area contributed by atoms with Crippen LogP contribution in [0.2, 0.25) is 0 Å². The Balaban J connectivity index is 1.93. The van der Waals surface area contributed by atoms with Crippen LogP contribution in [0.3, 0.4) is 0 Å². The average Bonchev–Trinajstić information content (AvgIpc) is 2.60. The number of aliphatic hydroxyl groups is 1. The van der Waals surface area contributed by atoms with Crippen LogP contribution >= 0.6 is 0 Å². The maximum absolute atomic E-state index is 13.4. The van der Waals surface area contributed by atoms with E-state index in [2.05, 4.69) is 4.98 Å². The quantitative estimate of drug-likeness (QED) is 0.775. The minimum atomic E-state index is -0.400. The Labute approximate surface area is 134 Å². The van der Waals surface area contributed by atoms with Gasteiger partial charge in [0.2, 0.25) is 0 Å². The lowest BCUT2D eigenvalue weighted by Gasteiger charge is -2.13. The fraction of sp³-hybridized carbons (Fsp3) is 0.105. The first-order chi connectivity index (χ1) is 11.3. The van der Waals surface area contributed by atoms with E-state index in [9.17, 15) is 9.50 Å². The Morgan fingerprint density at radius 2 is 1.78 bits per heavy atom. The summed E-state index contributed by atoms with van der Waals surface area (Å²) in [5, 5.41) is 9.32. The Morgan fingerprint density at radius 1 is 0.957 bits per heavy atom. The Hall–Kier alpha value is -2.72. The zero-order chi connectivity index (χ0) is 16.1. The van der Waals surface area contributed by atoms with Gasteiger partial charge < -0.3 is 9.84 Å². The Morgan fingerprint density at radius 3 is 2.52 bits per heavy atom. The molecule has 3 aromatic rings. The largest absolute Gasteiger partial charge is 0.488 e. The van der Waals surface area contributed by atoms with Gasteiger partial charge in [-0.3, -0.25) is 4.98 Å². The van der Waals surface area contributed by atoms with Crippen LogP contribution in [0.4, 0.5) is 4.39 Å². The summed E-state index contributed by atoms with van der Waals surface area (Å²) < 4.78 is 19.3. The van der Waals surface area contributed by atoms with Crippen molar-refractivity contribution in [2.24, 2.45) is 0 Å². The number of aromatic nitrogens is 1. The lowest BCUT2D eigenvalue weighted by molar-refractivity contribution is 0.278. The molecule has 3 nitrogen and oxygen atoms in total. The van der Waals surface area contributed by atoms with Crippen LogP contribution in [-0.4, -0.2) is 10.1 Å². The van der Waals surface area contributed by atoms with Crippen LogP contribution in [0.15, 0.2) is 67.0 Å². The third kappa shape index (κ3) is 3.73. The summed E-state index contributed by atoms with van der Waals surface area (Å²) >= 11 is 0. The lowest BCUT2D eigenvalue weighted by Crippen LogP contribution is -1.98. The first-order valence-electron chi connectivity index (χ1n) is 7.27. The lowest BCUT2D eigenvalue weighted by atomic mass is 10.0. The summed E-state index contributed by atoms with van der Waals surface area (Å²) in [6, 6.07) is 16.6. The van der Waals surface area contributed by atoms with E-state index in [-0.39, 0.29) is 6.61 Å². The molecule has 116 valence electrons. The van der Waals surface area contributed by atoms with Crippen LogP contribution in [0, 0.1) is 5.82 Å². The number of nitrogens with zero attached hydrogens (tertiary/aromatic N) is 1. The van der Waals surface area contributed by atoms with Crippen LogP contribution in [0.25, 0.3) is 11.1 Å². The topological polar surface area (TPSA) is 42.4 Å². The molecule has 4 heteroatoms. The number of halogens is 1. The second kappa shape index (κ2) is 7.03. The van der Waals surface area contributed by atoms with Gasteiger partial charge in [0, 0.05) is 17.3 Å². The number of rotatable bonds is 5. The molecule has 0 spiro atoms. The molecule has 2 aromatic carbocycles. The average molecular weight is 309 g/mol. The number of benzene rings is 2. The first kappa shape index (κ1) is 15.2. The third-order valence-electron chi connectivity index (χ3n) is 3.48. The van der Waals surface area contributed by atoms with Gasteiger partial charge in [-0.1, -0.05) is 42.5 Å². The maximum atomic E-state index is 13.4. The molecule has 1 heterocycles. The number of aliphatic hydroxyl groups excluding tert-OH is 1. The Bertz CT molecular complexity index is 790. The van der Waals surface area contributed by atoms with E-state index in [4.69, 9.17) is 4.74 Å². The third-order valence-corrected chi connectivity index (χ3v) is 3.48. The van der Waals surface area contributed by atoms with Gasteiger partial charge in [-0.05, 0) is 23.3 Å². The van der Waals surface area contributed by atoms with E-state index >= 15 is 0 Å². The van der Waals surface area contributed by atoms with E-state index in [1.54, 1.807) is 18.3 Å². The van der Waals surface area contributed by atoms with Crippen LogP contribution < -0.4 is 4.74 Å².